The monoisotopic (exact) mass is 418 g/mol. The molecule has 0 saturated carbocycles. The zero-order valence-electron chi connectivity index (χ0n) is 18.6. The molecule has 1 aromatic heterocycles. The zero-order chi connectivity index (χ0) is 21.3. The van der Waals surface area contributed by atoms with Gasteiger partial charge in [-0.05, 0) is 36.1 Å². The number of nitrogens with one attached hydrogen (secondary N) is 1. The Morgan fingerprint density at radius 1 is 1.03 bits per heavy atom. The van der Waals surface area contributed by atoms with Crippen molar-refractivity contribution in [1.82, 2.24) is 20.1 Å². The Morgan fingerprint density at radius 2 is 1.81 bits per heavy atom. The minimum atomic E-state index is 0.774. The summed E-state index contributed by atoms with van der Waals surface area (Å²) in [6, 6.07) is 14.8. The summed E-state index contributed by atoms with van der Waals surface area (Å²) in [6.07, 6.45) is 8.93. The highest BCUT2D eigenvalue weighted by Crippen LogP contribution is 2.18. The van der Waals surface area contributed by atoms with Gasteiger partial charge in [0.15, 0.2) is 5.96 Å². The second-order valence-corrected chi connectivity index (χ2v) is 8.22. The van der Waals surface area contributed by atoms with E-state index >= 15 is 0 Å². The smallest absolute Gasteiger partial charge is 0.194 e. The van der Waals surface area contributed by atoms with Crippen molar-refractivity contribution >= 4 is 17.9 Å². The molecule has 0 atom stereocenters. The molecule has 3 heterocycles. The van der Waals surface area contributed by atoms with Crippen LogP contribution < -0.4 is 10.2 Å². The Labute approximate surface area is 186 Å². The van der Waals surface area contributed by atoms with Crippen LogP contribution in [0.4, 0.5) is 5.82 Å². The molecule has 0 radical (unpaired) electrons. The lowest BCUT2D eigenvalue weighted by Gasteiger charge is -2.36. The highest BCUT2D eigenvalue weighted by Gasteiger charge is 2.19. The SMILES string of the molecule is CN=C(NCc1ccnc(N2CCCC2)c1)N1CCN(C/C=C/c2ccccc2)CC1. The molecule has 0 unspecified atom stereocenters. The van der Waals surface area contributed by atoms with Crippen LogP contribution in [0.3, 0.4) is 0 Å². The van der Waals surface area contributed by atoms with Crippen LogP contribution in [0.15, 0.2) is 59.7 Å². The van der Waals surface area contributed by atoms with Crippen molar-refractivity contribution in [2.24, 2.45) is 4.99 Å². The van der Waals surface area contributed by atoms with E-state index in [1.807, 2.05) is 13.2 Å². The summed E-state index contributed by atoms with van der Waals surface area (Å²) in [4.78, 5) is 16.3. The molecule has 0 spiro atoms. The molecule has 6 heteroatoms. The summed E-state index contributed by atoms with van der Waals surface area (Å²) in [5.41, 5.74) is 2.51. The van der Waals surface area contributed by atoms with Crippen molar-refractivity contribution < 1.29 is 0 Å². The average Bonchev–Trinajstić information content (AvgIpc) is 3.37. The second kappa shape index (κ2) is 11.0. The number of guanidine groups is 1. The predicted molar refractivity (Wildman–Crippen MR) is 129 cm³/mol. The van der Waals surface area contributed by atoms with Crippen molar-refractivity contribution in [2.75, 3.05) is 57.8 Å². The Balaban J connectivity index is 1.23. The first-order valence-corrected chi connectivity index (χ1v) is 11.4. The topological polar surface area (TPSA) is 47.0 Å². The zero-order valence-corrected chi connectivity index (χ0v) is 18.6. The third kappa shape index (κ3) is 6.07. The van der Waals surface area contributed by atoms with Crippen LogP contribution in [0.2, 0.25) is 0 Å². The summed E-state index contributed by atoms with van der Waals surface area (Å²) in [5, 5.41) is 3.55. The third-order valence-corrected chi connectivity index (χ3v) is 6.05. The van der Waals surface area contributed by atoms with E-state index < -0.39 is 0 Å². The van der Waals surface area contributed by atoms with Crippen LogP contribution in [0.5, 0.6) is 0 Å². The standard InChI is InChI=1S/C25H34N6/c1-26-25(28-21-23-11-12-27-24(20-23)30-14-5-6-15-30)31-18-16-29(17-19-31)13-7-10-22-8-3-2-4-9-22/h2-4,7-12,20H,5-6,13-19,21H2,1H3,(H,26,28)/b10-7+. The highest BCUT2D eigenvalue weighted by atomic mass is 15.3. The molecule has 2 aliphatic heterocycles. The lowest BCUT2D eigenvalue weighted by Crippen LogP contribution is -2.52. The molecular formula is C25H34N6. The van der Waals surface area contributed by atoms with Gasteiger partial charge in [0.2, 0.25) is 0 Å². The van der Waals surface area contributed by atoms with E-state index in [9.17, 15) is 0 Å². The van der Waals surface area contributed by atoms with Crippen LogP contribution in [-0.2, 0) is 6.54 Å². The molecule has 6 nitrogen and oxygen atoms in total. The number of aromatic nitrogens is 1. The van der Waals surface area contributed by atoms with Crippen molar-refractivity contribution in [3.63, 3.8) is 0 Å². The van der Waals surface area contributed by atoms with Crippen molar-refractivity contribution in [1.29, 1.82) is 0 Å². The fourth-order valence-electron chi connectivity index (χ4n) is 4.25. The molecule has 0 amide bonds. The van der Waals surface area contributed by atoms with E-state index in [2.05, 4.69) is 84.6 Å². The first-order chi connectivity index (χ1) is 15.3. The fourth-order valence-corrected chi connectivity index (χ4v) is 4.25. The maximum absolute atomic E-state index is 4.56. The van der Waals surface area contributed by atoms with Gasteiger partial charge in [-0.3, -0.25) is 9.89 Å². The number of benzene rings is 1. The lowest BCUT2D eigenvalue weighted by molar-refractivity contribution is 0.194. The molecule has 31 heavy (non-hydrogen) atoms. The number of piperazine rings is 1. The minimum absolute atomic E-state index is 0.774. The van der Waals surface area contributed by atoms with E-state index in [0.29, 0.717) is 0 Å². The van der Waals surface area contributed by atoms with Gasteiger partial charge in [-0.25, -0.2) is 4.98 Å². The van der Waals surface area contributed by atoms with E-state index in [-0.39, 0.29) is 0 Å². The fraction of sp³-hybridized carbons (Fsp3) is 0.440. The molecule has 2 saturated heterocycles. The van der Waals surface area contributed by atoms with Gasteiger partial charge in [0.25, 0.3) is 0 Å². The number of pyridine rings is 1. The highest BCUT2D eigenvalue weighted by molar-refractivity contribution is 5.80. The quantitative estimate of drug-likeness (QED) is 0.577. The molecule has 1 N–H and O–H groups in total. The van der Waals surface area contributed by atoms with Gasteiger partial charge in [-0.2, -0.15) is 0 Å². The van der Waals surface area contributed by atoms with Crippen molar-refractivity contribution in [3.05, 3.63) is 65.9 Å². The number of nitrogens with zero attached hydrogens (tertiary/aromatic N) is 5. The molecule has 2 fully saturated rings. The van der Waals surface area contributed by atoms with E-state index in [1.54, 1.807) is 0 Å². The number of anilines is 1. The number of aliphatic imine (C=N–C) groups is 1. The summed E-state index contributed by atoms with van der Waals surface area (Å²) >= 11 is 0. The van der Waals surface area contributed by atoms with Gasteiger partial charge in [0, 0.05) is 65.6 Å². The van der Waals surface area contributed by atoms with Crippen LogP contribution in [0, 0.1) is 0 Å². The Kier molecular flexibility index (Phi) is 7.56. The second-order valence-electron chi connectivity index (χ2n) is 8.22. The van der Waals surface area contributed by atoms with Gasteiger partial charge >= 0.3 is 0 Å². The van der Waals surface area contributed by atoms with E-state index in [1.165, 1.54) is 24.0 Å². The number of rotatable bonds is 6. The summed E-state index contributed by atoms with van der Waals surface area (Å²) in [5.74, 6) is 2.09. The third-order valence-electron chi connectivity index (χ3n) is 6.05. The van der Waals surface area contributed by atoms with Gasteiger partial charge < -0.3 is 15.1 Å². The number of hydrogen-bond acceptors (Lipinski definition) is 4. The Morgan fingerprint density at radius 3 is 2.55 bits per heavy atom. The minimum Gasteiger partial charge on any atom is -0.357 e. The molecule has 1 aromatic carbocycles. The first kappa shape index (κ1) is 21.4. The Hall–Kier alpha value is -2.86. The molecule has 164 valence electrons. The van der Waals surface area contributed by atoms with Crippen molar-refractivity contribution in [3.8, 4) is 0 Å². The van der Waals surface area contributed by atoms with Crippen molar-refractivity contribution in [2.45, 2.75) is 19.4 Å². The van der Waals surface area contributed by atoms with Gasteiger partial charge in [0.1, 0.15) is 5.82 Å². The molecular weight excluding hydrogens is 384 g/mol. The van der Waals surface area contributed by atoms with Crippen LogP contribution in [0.1, 0.15) is 24.0 Å². The largest absolute Gasteiger partial charge is 0.357 e. The van der Waals surface area contributed by atoms with Gasteiger partial charge in [-0.15, -0.1) is 0 Å². The number of hydrogen-bond donors (Lipinski definition) is 1. The normalized spacial score (nSPS) is 18.2. The van der Waals surface area contributed by atoms with Crippen LogP contribution in [0.25, 0.3) is 6.08 Å². The molecule has 0 bridgehead atoms. The lowest BCUT2D eigenvalue weighted by atomic mass is 10.2. The molecule has 2 aliphatic rings. The average molecular weight is 419 g/mol. The first-order valence-electron chi connectivity index (χ1n) is 11.4. The predicted octanol–water partition coefficient (Wildman–Crippen LogP) is 3.09. The van der Waals surface area contributed by atoms with Crippen LogP contribution in [-0.4, -0.2) is 73.6 Å². The molecule has 4 rings (SSSR count). The van der Waals surface area contributed by atoms with E-state index in [0.717, 1.165) is 64.1 Å². The summed E-state index contributed by atoms with van der Waals surface area (Å²) < 4.78 is 0. The summed E-state index contributed by atoms with van der Waals surface area (Å²) in [7, 11) is 1.87. The van der Waals surface area contributed by atoms with Gasteiger partial charge in [-0.1, -0.05) is 42.5 Å². The maximum Gasteiger partial charge on any atom is 0.194 e. The summed E-state index contributed by atoms with van der Waals surface area (Å²) in [6.45, 7) is 8.10. The Bertz CT molecular complexity index is 865. The maximum atomic E-state index is 4.56. The van der Waals surface area contributed by atoms with Crippen LogP contribution >= 0.6 is 0 Å². The molecule has 2 aromatic rings. The van der Waals surface area contributed by atoms with Gasteiger partial charge in [0.05, 0.1) is 0 Å². The molecule has 0 aliphatic carbocycles. The van der Waals surface area contributed by atoms with E-state index in [4.69, 9.17) is 0 Å².